The molecular weight excluding hydrogens is 317 g/mol. The van der Waals surface area contributed by atoms with Crippen LogP contribution in [0.2, 0.25) is 0 Å². The molecule has 0 spiro atoms. The van der Waals surface area contributed by atoms with Crippen molar-refractivity contribution in [3.05, 3.63) is 21.9 Å². The number of aromatic nitrogens is 1. The van der Waals surface area contributed by atoms with Gasteiger partial charge >= 0.3 is 12.2 Å². The van der Waals surface area contributed by atoms with Crippen LogP contribution in [0.15, 0.2) is 11.0 Å². The van der Waals surface area contributed by atoms with Crippen LogP contribution in [0, 0.1) is 17.0 Å². The van der Waals surface area contributed by atoms with Gasteiger partial charge in [0.25, 0.3) is 9.05 Å². The van der Waals surface area contributed by atoms with E-state index in [1.807, 2.05) is 0 Å². The predicted molar refractivity (Wildman–Crippen MR) is 55.4 cm³/mol. The lowest BCUT2D eigenvalue weighted by atomic mass is 10.3. The Morgan fingerprint density at radius 1 is 1.47 bits per heavy atom. The Hall–Kier alpha value is -1.62. The van der Waals surface area contributed by atoms with E-state index >= 15 is 0 Å². The van der Waals surface area contributed by atoms with Crippen molar-refractivity contribution in [1.82, 2.24) is 4.98 Å². The number of ether oxygens (including phenoxy) is 1. The summed E-state index contributed by atoms with van der Waals surface area (Å²) in [5.74, 6) is -2.64. The lowest BCUT2D eigenvalue weighted by Gasteiger charge is -2.11. The fourth-order valence-electron chi connectivity index (χ4n) is 1.17. The van der Waals surface area contributed by atoms with E-state index < -0.39 is 36.8 Å². The Labute approximate surface area is 108 Å². The number of nitrogens with zero attached hydrogens (tertiary/aromatic N) is 2. The molecule has 106 valence electrons. The summed E-state index contributed by atoms with van der Waals surface area (Å²) in [6.07, 6.45) is -5.24. The molecule has 12 heteroatoms. The maximum absolute atomic E-state index is 12.1. The quantitative estimate of drug-likeness (QED) is 0.480. The van der Waals surface area contributed by atoms with Gasteiger partial charge < -0.3 is 14.9 Å². The maximum Gasteiger partial charge on any atom is 0.573 e. The van der Waals surface area contributed by atoms with Crippen molar-refractivity contribution in [2.45, 2.75) is 18.2 Å². The van der Waals surface area contributed by atoms with Crippen LogP contribution >= 0.6 is 10.7 Å². The van der Waals surface area contributed by atoms with Gasteiger partial charge in [-0.05, 0) is 9.91 Å². The van der Waals surface area contributed by atoms with Gasteiger partial charge in [-0.2, -0.15) is 0 Å². The SMILES string of the molecule is Cc1cc(OC(F)(F)F)c(S(=O)(=O)Cl)c([N+](=O)[O-])n1. The molecular formula is C7H4ClF3N2O5S. The van der Waals surface area contributed by atoms with Gasteiger partial charge in [-0.15, -0.1) is 13.2 Å². The summed E-state index contributed by atoms with van der Waals surface area (Å²) in [6.45, 7) is 1.13. The van der Waals surface area contributed by atoms with E-state index in [-0.39, 0.29) is 5.69 Å². The standard InChI is InChI=1S/C7H4ClF3N2O5S/c1-3-2-4(18-7(9,10)11)5(19(8,16)17)6(12-3)13(14)15/h2H,1H3. The highest BCUT2D eigenvalue weighted by Crippen LogP contribution is 2.37. The number of hydrogen-bond acceptors (Lipinski definition) is 6. The van der Waals surface area contributed by atoms with Gasteiger partial charge in [-0.25, -0.2) is 8.42 Å². The normalized spacial score (nSPS) is 12.3. The fourth-order valence-corrected chi connectivity index (χ4v) is 2.28. The fraction of sp³-hybridized carbons (Fsp3) is 0.286. The molecule has 0 aliphatic heterocycles. The lowest BCUT2D eigenvalue weighted by molar-refractivity contribution is -0.393. The number of halogens is 4. The molecule has 0 fully saturated rings. The van der Waals surface area contributed by atoms with Crippen molar-refractivity contribution in [2.75, 3.05) is 0 Å². The van der Waals surface area contributed by atoms with E-state index in [1.165, 1.54) is 0 Å². The average molecular weight is 321 g/mol. The van der Waals surface area contributed by atoms with Crippen molar-refractivity contribution in [3.63, 3.8) is 0 Å². The first kappa shape index (κ1) is 15.4. The van der Waals surface area contributed by atoms with Gasteiger partial charge in [0, 0.05) is 23.7 Å². The zero-order valence-corrected chi connectivity index (χ0v) is 10.5. The Bertz CT molecular complexity index is 630. The first-order chi connectivity index (χ1) is 8.42. The van der Waals surface area contributed by atoms with Crippen molar-refractivity contribution in [3.8, 4) is 5.75 Å². The van der Waals surface area contributed by atoms with E-state index in [0.717, 1.165) is 6.92 Å². The highest BCUT2D eigenvalue weighted by Gasteiger charge is 2.38. The van der Waals surface area contributed by atoms with Crippen LogP contribution in [0.5, 0.6) is 5.75 Å². The predicted octanol–water partition coefficient (Wildman–Crippen LogP) is 2.12. The van der Waals surface area contributed by atoms with Crippen LogP contribution in [0.25, 0.3) is 0 Å². The van der Waals surface area contributed by atoms with Crippen molar-refractivity contribution < 1.29 is 31.2 Å². The second-order valence-corrected chi connectivity index (χ2v) is 5.66. The van der Waals surface area contributed by atoms with Gasteiger partial charge in [0.05, 0.1) is 0 Å². The largest absolute Gasteiger partial charge is 0.573 e. The number of rotatable bonds is 3. The van der Waals surface area contributed by atoms with Gasteiger partial charge in [-0.3, -0.25) is 0 Å². The Kier molecular flexibility index (Phi) is 3.91. The maximum atomic E-state index is 12.1. The second kappa shape index (κ2) is 4.81. The summed E-state index contributed by atoms with van der Waals surface area (Å²) < 4.78 is 62.1. The van der Waals surface area contributed by atoms with Crippen LogP contribution in [0.1, 0.15) is 5.69 Å². The summed E-state index contributed by atoms with van der Waals surface area (Å²) in [7, 11) is 0.0193. The van der Waals surface area contributed by atoms with Gasteiger partial charge in [-0.1, -0.05) is 0 Å². The molecule has 1 aromatic heterocycles. The molecule has 0 aliphatic rings. The van der Waals surface area contributed by atoms with Crippen LogP contribution in [-0.2, 0) is 9.05 Å². The lowest BCUT2D eigenvalue weighted by Crippen LogP contribution is -2.19. The summed E-state index contributed by atoms with van der Waals surface area (Å²) in [4.78, 5) is 11.1. The summed E-state index contributed by atoms with van der Waals surface area (Å²) in [5.41, 5.74) is -0.241. The average Bonchev–Trinajstić information content (AvgIpc) is 2.10. The Morgan fingerprint density at radius 3 is 2.37 bits per heavy atom. The van der Waals surface area contributed by atoms with Gasteiger partial charge in [0.15, 0.2) is 11.4 Å². The number of alkyl halides is 3. The first-order valence-corrected chi connectivity index (χ1v) is 6.59. The van der Waals surface area contributed by atoms with Crippen molar-refractivity contribution in [1.29, 1.82) is 0 Å². The third kappa shape index (κ3) is 3.92. The molecule has 0 aliphatic carbocycles. The monoisotopic (exact) mass is 320 g/mol. The van der Waals surface area contributed by atoms with E-state index in [0.29, 0.717) is 6.07 Å². The number of hydrogen-bond donors (Lipinski definition) is 0. The highest BCUT2D eigenvalue weighted by atomic mass is 35.7. The van der Waals surface area contributed by atoms with Crippen LogP contribution < -0.4 is 4.74 Å². The van der Waals surface area contributed by atoms with Crippen LogP contribution in [-0.4, -0.2) is 24.7 Å². The zero-order chi connectivity index (χ0) is 15.0. The smallest absolute Gasteiger partial charge is 0.404 e. The molecule has 0 amide bonds. The van der Waals surface area contributed by atoms with E-state index in [2.05, 4.69) is 9.72 Å². The first-order valence-electron chi connectivity index (χ1n) is 4.28. The van der Waals surface area contributed by atoms with Gasteiger partial charge in [0.1, 0.15) is 0 Å². The van der Waals surface area contributed by atoms with E-state index in [1.54, 1.807) is 0 Å². The molecule has 19 heavy (non-hydrogen) atoms. The number of pyridine rings is 1. The molecule has 0 saturated heterocycles. The topological polar surface area (TPSA) is 99.4 Å². The van der Waals surface area contributed by atoms with Crippen LogP contribution in [0.3, 0.4) is 0 Å². The minimum absolute atomic E-state index is 0.241. The zero-order valence-electron chi connectivity index (χ0n) is 8.93. The molecule has 1 heterocycles. The molecule has 0 N–H and O–H groups in total. The van der Waals surface area contributed by atoms with E-state index in [4.69, 9.17) is 10.7 Å². The molecule has 0 aromatic carbocycles. The summed E-state index contributed by atoms with van der Waals surface area (Å²) in [6, 6.07) is 0.579. The van der Waals surface area contributed by atoms with E-state index in [9.17, 15) is 31.7 Å². The molecule has 7 nitrogen and oxygen atoms in total. The third-order valence-electron chi connectivity index (χ3n) is 1.69. The minimum atomic E-state index is -5.24. The highest BCUT2D eigenvalue weighted by molar-refractivity contribution is 8.14. The summed E-state index contributed by atoms with van der Waals surface area (Å²) in [5, 5.41) is 10.6. The summed E-state index contributed by atoms with van der Waals surface area (Å²) >= 11 is 0. The minimum Gasteiger partial charge on any atom is -0.404 e. The van der Waals surface area contributed by atoms with Gasteiger partial charge in [0.2, 0.25) is 4.90 Å². The number of nitro groups is 1. The second-order valence-electron chi connectivity index (χ2n) is 3.16. The molecule has 1 aromatic rings. The molecule has 0 unspecified atom stereocenters. The molecule has 0 radical (unpaired) electrons. The third-order valence-corrected chi connectivity index (χ3v) is 3.03. The van der Waals surface area contributed by atoms with Crippen molar-refractivity contribution >= 4 is 25.6 Å². The molecule has 0 bridgehead atoms. The Balaban J connectivity index is 3.66. The van der Waals surface area contributed by atoms with Crippen LogP contribution in [0.4, 0.5) is 19.0 Å². The van der Waals surface area contributed by atoms with Crippen molar-refractivity contribution in [2.24, 2.45) is 0 Å². The molecule has 1 rings (SSSR count). The Morgan fingerprint density at radius 2 is 2.00 bits per heavy atom. The molecule has 0 saturated carbocycles. The molecule has 0 atom stereocenters. The number of aryl methyl sites for hydroxylation is 1.